The molecule has 0 radical (unpaired) electrons. The number of carbonyl (C=O) groups is 3. The van der Waals surface area contributed by atoms with Crippen LogP contribution < -0.4 is 11.5 Å². The summed E-state index contributed by atoms with van der Waals surface area (Å²) >= 11 is 0. The fourth-order valence-corrected chi connectivity index (χ4v) is 1.86. The number of Topliss-reactive ketones (excluding diaryl/α,β-unsaturated/α-hetero) is 2. The lowest BCUT2D eigenvalue weighted by Gasteiger charge is -2.35. The molecular weight excluding hydrogens is 444 g/mol. The third-order valence-electron chi connectivity index (χ3n) is 3.71. The number of hydrogen-bond acceptors (Lipinski definition) is 13. The lowest BCUT2D eigenvalue weighted by molar-refractivity contribution is -0.193. The van der Waals surface area contributed by atoms with Crippen LogP contribution >= 0.6 is 0 Å². The van der Waals surface area contributed by atoms with Gasteiger partial charge in [-0.05, 0) is 20.8 Å². The van der Waals surface area contributed by atoms with Gasteiger partial charge in [0, 0.05) is 36.8 Å². The van der Waals surface area contributed by atoms with E-state index in [1.807, 2.05) is 27.7 Å². The third kappa shape index (κ3) is 47.6. The van der Waals surface area contributed by atoms with Gasteiger partial charge < -0.3 is 16.3 Å². The quantitative estimate of drug-likeness (QED) is 0.518. The molecule has 1 heterocycles. The average molecular weight is 478 g/mol. The Balaban J connectivity index is -0.0000000530. The zero-order valence-corrected chi connectivity index (χ0v) is 20.0. The van der Waals surface area contributed by atoms with Crippen molar-refractivity contribution in [2.75, 3.05) is 0 Å². The first-order valence-corrected chi connectivity index (χ1v) is 9.11. The van der Waals surface area contributed by atoms with E-state index in [0.717, 1.165) is 6.29 Å². The molecule has 0 amide bonds. The van der Waals surface area contributed by atoms with E-state index in [4.69, 9.17) is 43.2 Å². The maximum Gasteiger partial charge on any atom is 0.373 e. The SMILES string of the molecule is CC1NC(C)C(C)C(=O)C1C.CC=O.CCC(=O)CC.N.O=C=O.O=C=O.O=C=O.O=C=O. The number of ketones is 2. The highest BCUT2D eigenvalue weighted by molar-refractivity contribution is 5.84. The van der Waals surface area contributed by atoms with E-state index in [0.29, 0.717) is 36.5 Å². The zero-order chi connectivity index (χ0) is 27.1. The monoisotopic (exact) mass is 478 g/mol. The number of hydrogen-bond donors (Lipinski definition) is 2. The summed E-state index contributed by atoms with van der Waals surface area (Å²) in [5, 5.41) is 3.39. The first kappa shape index (κ1) is 47.3. The summed E-state index contributed by atoms with van der Waals surface area (Å²) < 4.78 is 0. The number of nitrogens with one attached hydrogen (secondary N) is 1. The van der Waals surface area contributed by atoms with E-state index in [1.54, 1.807) is 0 Å². The first-order valence-electron chi connectivity index (χ1n) is 9.11. The molecule has 0 spiro atoms. The molecule has 190 valence electrons. The highest BCUT2D eigenvalue weighted by Gasteiger charge is 2.34. The second kappa shape index (κ2) is 42.5. The molecule has 13 nitrogen and oxygen atoms in total. The summed E-state index contributed by atoms with van der Waals surface area (Å²) in [7, 11) is 0. The fraction of sp³-hybridized carbons (Fsp3) is 0.650. The van der Waals surface area contributed by atoms with Gasteiger partial charge in [-0.1, -0.05) is 27.7 Å². The van der Waals surface area contributed by atoms with Gasteiger partial charge >= 0.3 is 24.6 Å². The van der Waals surface area contributed by atoms with Gasteiger partial charge in [0.1, 0.15) is 17.9 Å². The van der Waals surface area contributed by atoms with Gasteiger partial charge in [0.2, 0.25) is 0 Å². The van der Waals surface area contributed by atoms with Gasteiger partial charge in [-0.2, -0.15) is 38.4 Å². The normalized spacial score (nSPS) is 18.2. The van der Waals surface area contributed by atoms with Crippen LogP contribution in [0.4, 0.5) is 0 Å². The molecule has 0 aromatic carbocycles. The van der Waals surface area contributed by atoms with E-state index in [-0.39, 0.29) is 42.6 Å². The molecule has 1 aliphatic rings. The predicted octanol–water partition coefficient (Wildman–Crippen LogP) is 0.617. The van der Waals surface area contributed by atoms with Crippen LogP contribution in [0, 0.1) is 11.8 Å². The molecule has 0 aromatic heterocycles. The van der Waals surface area contributed by atoms with Crippen LogP contribution in [0.3, 0.4) is 0 Å². The Bertz CT molecular complexity index is 542. The van der Waals surface area contributed by atoms with Crippen molar-refractivity contribution in [3.05, 3.63) is 0 Å². The molecule has 4 unspecified atom stereocenters. The third-order valence-corrected chi connectivity index (χ3v) is 3.71. The Labute approximate surface area is 192 Å². The van der Waals surface area contributed by atoms with Gasteiger partial charge in [-0.25, -0.2) is 0 Å². The van der Waals surface area contributed by atoms with Gasteiger partial charge in [0.05, 0.1) is 0 Å². The van der Waals surface area contributed by atoms with Crippen molar-refractivity contribution >= 4 is 42.5 Å². The Morgan fingerprint density at radius 3 is 1.06 bits per heavy atom. The topological polar surface area (TPSA) is 235 Å². The Morgan fingerprint density at radius 1 is 0.758 bits per heavy atom. The van der Waals surface area contributed by atoms with E-state index >= 15 is 0 Å². The Kier molecular flexibility index (Phi) is 61.0. The molecule has 0 aliphatic carbocycles. The van der Waals surface area contributed by atoms with Crippen LogP contribution in [-0.4, -0.2) is 54.5 Å². The average Bonchev–Trinajstić information content (AvgIpc) is 2.73. The lowest BCUT2D eigenvalue weighted by Crippen LogP contribution is -2.53. The maximum absolute atomic E-state index is 11.5. The predicted molar refractivity (Wildman–Crippen MR) is 108 cm³/mol. The van der Waals surface area contributed by atoms with Crippen molar-refractivity contribution in [3.63, 3.8) is 0 Å². The van der Waals surface area contributed by atoms with Crippen molar-refractivity contribution in [2.45, 2.75) is 73.4 Å². The molecule has 1 aliphatic heterocycles. The summed E-state index contributed by atoms with van der Waals surface area (Å²) in [6.45, 7) is 13.4. The summed E-state index contributed by atoms with van der Waals surface area (Å²) in [4.78, 5) is 95.5. The molecule has 1 rings (SSSR count). The molecule has 4 N–H and O–H groups in total. The second-order valence-corrected chi connectivity index (χ2v) is 5.54. The smallest absolute Gasteiger partial charge is 0.344 e. The van der Waals surface area contributed by atoms with Crippen LogP contribution in [0.1, 0.15) is 61.3 Å². The molecule has 0 aromatic rings. The molecule has 1 saturated heterocycles. The number of carbonyl (C=O) groups excluding carboxylic acids is 11. The minimum Gasteiger partial charge on any atom is -0.344 e. The molecule has 1 fully saturated rings. The first-order chi connectivity index (χ1) is 14.9. The van der Waals surface area contributed by atoms with Crippen LogP contribution in [0.15, 0.2) is 0 Å². The summed E-state index contributed by atoms with van der Waals surface area (Å²) in [6.07, 6.45) is 3.13. The van der Waals surface area contributed by atoms with Gasteiger partial charge in [-0.15, -0.1) is 0 Å². The minimum absolute atomic E-state index is 0. The number of aldehydes is 1. The van der Waals surface area contributed by atoms with E-state index in [9.17, 15) is 9.59 Å². The summed E-state index contributed by atoms with van der Waals surface area (Å²) in [5.74, 6) is 1.11. The highest BCUT2D eigenvalue weighted by atomic mass is 16.2. The van der Waals surface area contributed by atoms with E-state index in [1.165, 1.54) is 6.92 Å². The van der Waals surface area contributed by atoms with Crippen LogP contribution in [0.25, 0.3) is 0 Å². The Morgan fingerprint density at radius 2 is 0.939 bits per heavy atom. The van der Waals surface area contributed by atoms with Crippen LogP contribution in [0.2, 0.25) is 0 Å². The largest absolute Gasteiger partial charge is 0.373 e. The van der Waals surface area contributed by atoms with E-state index < -0.39 is 0 Å². The zero-order valence-electron chi connectivity index (χ0n) is 20.0. The minimum atomic E-state index is 0. The standard InChI is InChI=1S/C9H17NO.C5H10O.C2H4O.4CO2.H3N/c1-5-7(3)10-8(4)6(2)9(5)11;1-3-5(6)4-2;1-2-3;4*2-1-3;/h5-8,10H,1-4H3;3-4H2,1-2H3;2H,1H3;;;;;1H3. The fourth-order valence-electron chi connectivity index (χ4n) is 1.86. The van der Waals surface area contributed by atoms with Crippen molar-refractivity contribution in [1.29, 1.82) is 0 Å². The summed E-state index contributed by atoms with van der Waals surface area (Å²) in [5.41, 5.74) is 0. The van der Waals surface area contributed by atoms with Crippen molar-refractivity contribution in [3.8, 4) is 0 Å². The van der Waals surface area contributed by atoms with Crippen molar-refractivity contribution < 1.29 is 52.7 Å². The molecule has 0 saturated carbocycles. The van der Waals surface area contributed by atoms with Gasteiger partial charge in [-0.3, -0.25) is 9.59 Å². The van der Waals surface area contributed by atoms with Crippen molar-refractivity contribution in [1.82, 2.24) is 11.5 Å². The second-order valence-electron chi connectivity index (χ2n) is 5.54. The lowest BCUT2D eigenvalue weighted by atomic mass is 9.82. The van der Waals surface area contributed by atoms with Gasteiger partial charge in [0.15, 0.2) is 0 Å². The Hall–Kier alpha value is -3.55. The van der Waals surface area contributed by atoms with Crippen molar-refractivity contribution in [2.24, 2.45) is 11.8 Å². The van der Waals surface area contributed by atoms with E-state index in [2.05, 4.69) is 19.2 Å². The highest BCUT2D eigenvalue weighted by Crippen LogP contribution is 2.20. The number of rotatable bonds is 2. The molecule has 13 heteroatoms. The van der Waals surface area contributed by atoms with Gasteiger partial charge in [0.25, 0.3) is 0 Å². The van der Waals surface area contributed by atoms with Crippen LogP contribution in [-0.2, 0) is 52.7 Å². The molecule has 33 heavy (non-hydrogen) atoms. The molecule has 0 bridgehead atoms. The number of piperidine rings is 1. The summed E-state index contributed by atoms with van der Waals surface area (Å²) in [6, 6.07) is 0.683. The molecule has 4 atom stereocenters. The molecular formula is C20H34N2O11. The maximum atomic E-state index is 11.5. The van der Waals surface area contributed by atoms with Crippen LogP contribution in [0.5, 0.6) is 0 Å².